The molecule has 3 nitrogen and oxygen atoms in total. The van der Waals surface area contributed by atoms with E-state index in [0.717, 1.165) is 10.7 Å². The molecule has 0 radical (unpaired) electrons. The number of nitrogens with zero attached hydrogens (tertiary/aromatic N) is 2. The van der Waals surface area contributed by atoms with Crippen LogP contribution in [0.5, 0.6) is 0 Å². The molecule has 0 aliphatic heterocycles. The summed E-state index contributed by atoms with van der Waals surface area (Å²) in [4.78, 5) is 0. The monoisotopic (exact) mass is 223 g/mol. The van der Waals surface area contributed by atoms with E-state index in [1.54, 1.807) is 22.9 Å². The van der Waals surface area contributed by atoms with Crippen LogP contribution in [0.1, 0.15) is 0 Å². The molecule has 0 bridgehead atoms. The fourth-order valence-electron chi connectivity index (χ4n) is 1.26. The van der Waals surface area contributed by atoms with E-state index in [1.807, 2.05) is 6.26 Å². The van der Waals surface area contributed by atoms with Gasteiger partial charge in [0.1, 0.15) is 16.7 Å². The molecule has 0 fully saturated rings. The van der Waals surface area contributed by atoms with Crippen molar-refractivity contribution in [2.24, 2.45) is 0 Å². The molecule has 1 aromatic carbocycles. The van der Waals surface area contributed by atoms with Crippen molar-refractivity contribution in [3.8, 4) is 5.69 Å². The average Bonchev–Trinajstić information content (AvgIpc) is 2.61. The summed E-state index contributed by atoms with van der Waals surface area (Å²) in [5.74, 6) is 0.278. The van der Waals surface area contributed by atoms with Crippen LogP contribution in [0.2, 0.25) is 0 Å². The van der Waals surface area contributed by atoms with Gasteiger partial charge in [-0.15, -0.1) is 11.8 Å². The Balaban J connectivity index is 2.44. The lowest BCUT2D eigenvalue weighted by atomic mass is 10.3. The molecule has 15 heavy (non-hydrogen) atoms. The van der Waals surface area contributed by atoms with Crippen molar-refractivity contribution < 1.29 is 4.39 Å². The Labute approximate surface area is 91.1 Å². The Morgan fingerprint density at radius 2 is 2.00 bits per heavy atom. The van der Waals surface area contributed by atoms with Crippen LogP contribution in [0.25, 0.3) is 5.69 Å². The topological polar surface area (TPSA) is 43.8 Å². The zero-order valence-electron chi connectivity index (χ0n) is 8.14. The summed E-state index contributed by atoms with van der Waals surface area (Å²) in [5, 5.41) is 5.10. The molecule has 0 unspecified atom stereocenters. The number of hydrogen-bond acceptors (Lipinski definition) is 3. The van der Waals surface area contributed by atoms with E-state index in [2.05, 4.69) is 5.10 Å². The van der Waals surface area contributed by atoms with E-state index in [9.17, 15) is 4.39 Å². The molecule has 2 rings (SSSR count). The van der Waals surface area contributed by atoms with Crippen molar-refractivity contribution in [2.75, 3.05) is 12.0 Å². The zero-order valence-corrected chi connectivity index (χ0v) is 8.96. The van der Waals surface area contributed by atoms with Gasteiger partial charge in [-0.25, -0.2) is 9.07 Å². The Bertz CT molecular complexity index is 464. The van der Waals surface area contributed by atoms with Crippen molar-refractivity contribution in [3.05, 3.63) is 36.1 Å². The maximum atomic E-state index is 12.7. The average molecular weight is 223 g/mol. The highest BCUT2D eigenvalue weighted by molar-refractivity contribution is 7.98. The first-order valence-corrected chi connectivity index (χ1v) is 5.58. The lowest BCUT2D eigenvalue weighted by Crippen LogP contribution is -2.01. The molecule has 0 spiro atoms. The third-order valence-corrected chi connectivity index (χ3v) is 2.61. The highest BCUT2D eigenvalue weighted by Gasteiger charge is 2.05. The van der Waals surface area contributed by atoms with Crippen molar-refractivity contribution >= 4 is 17.6 Å². The molecule has 5 heteroatoms. The van der Waals surface area contributed by atoms with E-state index in [0.29, 0.717) is 5.82 Å². The van der Waals surface area contributed by atoms with E-state index in [4.69, 9.17) is 5.73 Å². The van der Waals surface area contributed by atoms with Crippen molar-refractivity contribution in [3.63, 3.8) is 0 Å². The van der Waals surface area contributed by atoms with Gasteiger partial charge in [0.25, 0.3) is 0 Å². The van der Waals surface area contributed by atoms with Gasteiger partial charge in [0, 0.05) is 6.07 Å². The summed E-state index contributed by atoms with van der Waals surface area (Å²) < 4.78 is 14.3. The number of hydrogen-bond donors (Lipinski definition) is 1. The second-order valence-electron chi connectivity index (χ2n) is 3.00. The number of benzene rings is 1. The summed E-state index contributed by atoms with van der Waals surface area (Å²) >= 11 is 1.52. The smallest absolute Gasteiger partial charge is 0.128 e. The highest BCUT2D eigenvalue weighted by Crippen LogP contribution is 2.20. The van der Waals surface area contributed by atoms with Crippen LogP contribution < -0.4 is 5.73 Å². The number of anilines is 1. The number of nitrogen functional groups attached to an aromatic ring is 1. The summed E-state index contributed by atoms with van der Waals surface area (Å²) in [7, 11) is 0. The summed E-state index contributed by atoms with van der Waals surface area (Å²) in [5.41, 5.74) is 6.54. The van der Waals surface area contributed by atoms with Crippen molar-refractivity contribution in [1.29, 1.82) is 0 Å². The molecular formula is C10H10FN3S. The van der Waals surface area contributed by atoms with Gasteiger partial charge in [-0.2, -0.15) is 5.10 Å². The third kappa shape index (κ3) is 1.97. The minimum absolute atomic E-state index is 0.269. The molecule has 0 amide bonds. The standard InChI is InChI=1S/C10H10FN3S/c1-15-10-6-9(12)14(13-10)8-4-2-7(11)3-5-8/h2-6H,12H2,1H3. The minimum atomic E-state index is -0.269. The lowest BCUT2D eigenvalue weighted by Gasteiger charge is -2.02. The fraction of sp³-hybridized carbons (Fsp3) is 0.100. The quantitative estimate of drug-likeness (QED) is 0.794. The highest BCUT2D eigenvalue weighted by atomic mass is 32.2. The molecule has 78 valence electrons. The van der Waals surface area contributed by atoms with Gasteiger partial charge in [0.15, 0.2) is 0 Å². The van der Waals surface area contributed by atoms with Crippen LogP contribution in [0.4, 0.5) is 10.2 Å². The Morgan fingerprint density at radius 3 is 2.53 bits per heavy atom. The van der Waals surface area contributed by atoms with Crippen LogP contribution in [0.3, 0.4) is 0 Å². The maximum absolute atomic E-state index is 12.7. The second-order valence-corrected chi connectivity index (χ2v) is 3.83. The van der Waals surface area contributed by atoms with Gasteiger partial charge in [0.05, 0.1) is 5.69 Å². The number of aromatic nitrogens is 2. The molecular weight excluding hydrogens is 213 g/mol. The lowest BCUT2D eigenvalue weighted by molar-refractivity contribution is 0.627. The maximum Gasteiger partial charge on any atom is 0.128 e. The first kappa shape index (κ1) is 10.0. The molecule has 0 saturated heterocycles. The SMILES string of the molecule is CSc1cc(N)n(-c2ccc(F)cc2)n1. The van der Waals surface area contributed by atoms with Crippen molar-refractivity contribution in [1.82, 2.24) is 9.78 Å². The van der Waals surface area contributed by atoms with Gasteiger partial charge in [-0.1, -0.05) is 0 Å². The summed E-state index contributed by atoms with van der Waals surface area (Å²) in [6.45, 7) is 0. The van der Waals surface area contributed by atoms with Crippen LogP contribution in [-0.2, 0) is 0 Å². The Morgan fingerprint density at radius 1 is 1.33 bits per heavy atom. The Hall–Kier alpha value is -1.49. The zero-order chi connectivity index (χ0) is 10.8. The molecule has 0 aliphatic rings. The van der Waals surface area contributed by atoms with Gasteiger partial charge < -0.3 is 5.73 Å². The largest absolute Gasteiger partial charge is 0.384 e. The summed E-state index contributed by atoms with van der Waals surface area (Å²) in [6, 6.07) is 7.84. The number of thioether (sulfide) groups is 1. The number of rotatable bonds is 2. The molecule has 0 atom stereocenters. The van der Waals surface area contributed by atoms with Crippen LogP contribution in [0.15, 0.2) is 35.4 Å². The van der Waals surface area contributed by atoms with E-state index in [-0.39, 0.29) is 5.82 Å². The molecule has 1 heterocycles. The van der Waals surface area contributed by atoms with Gasteiger partial charge >= 0.3 is 0 Å². The first-order valence-electron chi connectivity index (χ1n) is 4.36. The third-order valence-electron chi connectivity index (χ3n) is 1.99. The van der Waals surface area contributed by atoms with E-state index < -0.39 is 0 Å². The van der Waals surface area contributed by atoms with Gasteiger partial charge in [0.2, 0.25) is 0 Å². The number of nitrogens with two attached hydrogens (primary N) is 1. The van der Waals surface area contributed by atoms with Crippen LogP contribution in [-0.4, -0.2) is 16.0 Å². The molecule has 2 N–H and O–H groups in total. The predicted molar refractivity (Wildman–Crippen MR) is 59.7 cm³/mol. The molecule has 1 aromatic heterocycles. The molecule has 2 aromatic rings. The predicted octanol–water partition coefficient (Wildman–Crippen LogP) is 2.32. The van der Waals surface area contributed by atoms with Crippen molar-refractivity contribution in [2.45, 2.75) is 5.03 Å². The van der Waals surface area contributed by atoms with E-state index >= 15 is 0 Å². The Kier molecular flexibility index (Phi) is 2.64. The minimum Gasteiger partial charge on any atom is -0.384 e. The molecule has 0 aliphatic carbocycles. The summed E-state index contributed by atoms with van der Waals surface area (Å²) in [6.07, 6.45) is 1.93. The number of halogens is 1. The van der Waals surface area contributed by atoms with E-state index in [1.165, 1.54) is 23.9 Å². The second kappa shape index (κ2) is 3.94. The normalized spacial score (nSPS) is 10.5. The van der Waals surface area contributed by atoms with Gasteiger partial charge in [-0.3, -0.25) is 0 Å². The van der Waals surface area contributed by atoms with Crippen LogP contribution >= 0.6 is 11.8 Å². The van der Waals surface area contributed by atoms with Gasteiger partial charge in [-0.05, 0) is 30.5 Å². The first-order chi connectivity index (χ1) is 7.20. The fourth-order valence-corrected chi connectivity index (χ4v) is 1.66. The van der Waals surface area contributed by atoms with Crippen LogP contribution in [0, 0.1) is 5.82 Å². The molecule has 0 saturated carbocycles.